The second kappa shape index (κ2) is 3.87. The van der Waals surface area contributed by atoms with E-state index in [1.807, 2.05) is 0 Å². The van der Waals surface area contributed by atoms with Crippen LogP contribution >= 0.6 is 15.9 Å². The highest BCUT2D eigenvalue weighted by atomic mass is 79.9. The van der Waals surface area contributed by atoms with Crippen LogP contribution in [-0.4, -0.2) is 23.8 Å². The molecule has 0 radical (unpaired) electrons. The van der Waals surface area contributed by atoms with Gasteiger partial charge in [0.1, 0.15) is 0 Å². The Morgan fingerprint density at radius 2 is 2.12 bits per heavy atom. The Morgan fingerprint density at radius 3 is 2.69 bits per heavy atom. The van der Waals surface area contributed by atoms with Gasteiger partial charge in [-0.05, 0) is 23.8 Å². The second-order valence-electron chi connectivity index (χ2n) is 3.54. The Morgan fingerprint density at radius 1 is 1.44 bits per heavy atom. The van der Waals surface area contributed by atoms with Crippen molar-refractivity contribution in [1.29, 1.82) is 0 Å². The van der Waals surface area contributed by atoms with Crippen molar-refractivity contribution >= 4 is 36.9 Å². The van der Waals surface area contributed by atoms with E-state index < -0.39 is 10.0 Å². The highest BCUT2D eigenvalue weighted by Gasteiger charge is 2.12. The van der Waals surface area contributed by atoms with Crippen LogP contribution in [0.15, 0.2) is 28.9 Å². The first-order valence-corrected chi connectivity index (χ1v) is 7.18. The van der Waals surface area contributed by atoms with Crippen molar-refractivity contribution in [3.05, 3.63) is 34.4 Å². The highest BCUT2D eigenvalue weighted by molar-refractivity contribution is 9.10. The molecule has 0 amide bonds. The van der Waals surface area contributed by atoms with Crippen LogP contribution in [0.25, 0.3) is 10.9 Å². The van der Waals surface area contributed by atoms with Crippen molar-refractivity contribution in [2.75, 3.05) is 6.26 Å². The minimum atomic E-state index is -3.31. The molecular weight excluding hydrogens is 294 g/mol. The van der Waals surface area contributed by atoms with Crippen LogP contribution in [0.1, 0.15) is 5.56 Å². The minimum absolute atomic E-state index is 0.122. The molecule has 0 spiro atoms. The molecule has 0 fully saturated rings. The summed E-state index contributed by atoms with van der Waals surface area (Å²) in [4.78, 5) is 0. The molecule has 0 saturated heterocycles. The van der Waals surface area contributed by atoms with Crippen LogP contribution in [0.5, 0.6) is 0 Å². The van der Waals surface area contributed by atoms with Gasteiger partial charge in [0.25, 0.3) is 0 Å². The normalized spacial score (nSPS) is 12.2. The van der Waals surface area contributed by atoms with Crippen LogP contribution in [0.3, 0.4) is 0 Å². The molecule has 2 aromatic rings. The average Bonchev–Trinajstić information content (AvgIpc) is 2.60. The standard InChI is InChI=1S/C10H10BrNO3S/c1-16(14,15)12-3-2-8-9(11)4-7(6-13)5-10(8)12/h2-5,13H,6H2,1H3. The summed E-state index contributed by atoms with van der Waals surface area (Å²) in [7, 11) is -3.31. The van der Waals surface area contributed by atoms with Gasteiger partial charge in [0.05, 0.1) is 18.4 Å². The van der Waals surface area contributed by atoms with E-state index in [4.69, 9.17) is 5.11 Å². The Balaban J connectivity index is 2.86. The predicted molar refractivity (Wildman–Crippen MR) is 65.8 cm³/mol. The molecule has 1 aromatic heterocycles. The number of aliphatic hydroxyl groups excluding tert-OH is 1. The molecular formula is C10H10BrNO3S. The number of halogens is 1. The average molecular weight is 304 g/mol. The highest BCUT2D eigenvalue weighted by Crippen LogP contribution is 2.27. The molecule has 0 aliphatic heterocycles. The molecule has 0 unspecified atom stereocenters. The molecule has 0 atom stereocenters. The molecule has 6 heteroatoms. The van der Waals surface area contributed by atoms with E-state index in [0.29, 0.717) is 11.1 Å². The number of nitrogens with zero attached hydrogens (tertiary/aromatic N) is 1. The summed E-state index contributed by atoms with van der Waals surface area (Å²) in [6.45, 7) is -0.122. The summed E-state index contributed by atoms with van der Waals surface area (Å²) >= 11 is 3.35. The summed E-state index contributed by atoms with van der Waals surface area (Å²) in [6.07, 6.45) is 2.65. The van der Waals surface area contributed by atoms with Crippen molar-refractivity contribution in [2.24, 2.45) is 0 Å². The molecule has 4 nitrogen and oxygen atoms in total. The number of aromatic nitrogens is 1. The fourth-order valence-electron chi connectivity index (χ4n) is 1.61. The van der Waals surface area contributed by atoms with Gasteiger partial charge >= 0.3 is 0 Å². The van der Waals surface area contributed by atoms with Crippen LogP contribution < -0.4 is 0 Å². The monoisotopic (exact) mass is 303 g/mol. The third-order valence-electron chi connectivity index (χ3n) is 2.32. The lowest BCUT2D eigenvalue weighted by atomic mass is 10.2. The number of fused-ring (bicyclic) bond motifs is 1. The Labute approximate surface area is 102 Å². The first-order chi connectivity index (χ1) is 7.43. The molecule has 0 bridgehead atoms. The molecule has 16 heavy (non-hydrogen) atoms. The van der Waals surface area contributed by atoms with E-state index in [2.05, 4.69) is 15.9 Å². The van der Waals surface area contributed by atoms with Gasteiger partial charge in [-0.25, -0.2) is 12.4 Å². The van der Waals surface area contributed by atoms with Crippen molar-refractivity contribution in [2.45, 2.75) is 6.61 Å². The maximum absolute atomic E-state index is 11.5. The molecule has 0 saturated carbocycles. The van der Waals surface area contributed by atoms with Crippen LogP contribution in [0, 0.1) is 0 Å². The van der Waals surface area contributed by atoms with Gasteiger partial charge in [-0.2, -0.15) is 0 Å². The van der Waals surface area contributed by atoms with E-state index in [-0.39, 0.29) is 6.61 Å². The molecule has 2 rings (SSSR count). The lowest BCUT2D eigenvalue weighted by Crippen LogP contribution is -2.08. The number of hydrogen-bond acceptors (Lipinski definition) is 3. The van der Waals surface area contributed by atoms with Crippen LogP contribution in [0.4, 0.5) is 0 Å². The Bertz CT molecular complexity index is 645. The zero-order valence-electron chi connectivity index (χ0n) is 8.51. The lowest BCUT2D eigenvalue weighted by Gasteiger charge is -2.04. The largest absolute Gasteiger partial charge is 0.392 e. The Kier molecular flexibility index (Phi) is 2.81. The summed E-state index contributed by atoms with van der Waals surface area (Å²) in [5.41, 5.74) is 1.24. The topological polar surface area (TPSA) is 59.3 Å². The number of aliphatic hydroxyl groups is 1. The van der Waals surface area contributed by atoms with Crippen LogP contribution in [0.2, 0.25) is 0 Å². The van der Waals surface area contributed by atoms with Crippen molar-refractivity contribution < 1.29 is 13.5 Å². The quantitative estimate of drug-likeness (QED) is 0.919. The smallest absolute Gasteiger partial charge is 0.236 e. The van der Waals surface area contributed by atoms with Gasteiger partial charge in [-0.1, -0.05) is 15.9 Å². The van der Waals surface area contributed by atoms with E-state index in [1.165, 1.54) is 10.2 Å². The first kappa shape index (κ1) is 11.6. The minimum Gasteiger partial charge on any atom is -0.392 e. The van der Waals surface area contributed by atoms with Gasteiger partial charge in [-0.3, -0.25) is 0 Å². The maximum Gasteiger partial charge on any atom is 0.236 e. The third kappa shape index (κ3) is 1.88. The third-order valence-corrected chi connectivity index (χ3v) is 4.01. The van der Waals surface area contributed by atoms with Gasteiger partial charge in [0, 0.05) is 16.1 Å². The summed E-state index contributed by atoms with van der Waals surface area (Å²) in [6, 6.07) is 5.16. The second-order valence-corrected chi connectivity index (χ2v) is 6.26. The van der Waals surface area contributed by atoms with E-state index in [0.717, 1.165) is 16.1 Å². The molecule has 0 aliphatic rings. The summed E-state index contributed by atoms with van der Waals surface area (Å²) < 4.78 is 25.0. The van der Waals surface area contributed by atoms with E-state index >= 15 is 0 Å². The predicted octanol–water partition coefficient (Wildman–Crippen LogP) is 1.70. The van der Waals surface area contributed by atoms with E-state index in [1.54, 1.807) is 18.2 Å². The maximum atomic E-state index is 11.5. The number of benzene rings is 1. The fourth-order valence-corrected chi connectivity index (χ4v) is 3.03. The van der Waals surface area contributed by atoms with Gasteiger partial charge in [0.2, 0.25) is 10.0 Å². The van der Waals surface area contributed by atoms with Crippen molar-refractivity contribution in [3.63, 3.8) is 0 Å². The fraction of sp³-hybridized carbons (Fsp3) is 0.200. The van der Waals surface area contributed by atoms with Gasteiger partial charge in [-0.15, -0.1) is 0 Å². The van der Waals surface area contributed by atoms with Crippen LogP contribution in [-0.2, 0) is 16.6 Å². The molecule has 1 heterocycles. The lowest BCUT2D eigenvalue weighted by molar-refractivity contribution is 0.282. The SMILES string of the molecule is CS(=O)(=O)n1ccc2c(Br)cc(CO)cc21. The zero-order valence-corrected chi connectivity index (χ0v) is 10.9. The first-order valence-electron chi connectivity index (χ1n) is 4.54. The zero-order chi connectivity index (χ0) is 11.9. The number of hydrogen-bond donors (Lipinski definition) is 1. The van der Waals surface area contributed by atoms with Crippen molar-refractivity contribution in [1.82, 2.24) is 3.97 Å². The summed E-state index contributed by atoms with van der Waals surface area (Å²) in [5, 5.41) is 9.88. The molecule has 0 aliphatic carbocycles. The number of rotatable bonds is 2. The molecule has 86 valence electrons. The summed E-state index contributed by atoms with van der Waals surface area (Å²) in [5.74, 6) is 0. The molecule has 1 N–H and O–H groups in total. The van der Waals surface area contributed by atoms with Gasteiger partial charge in [0.15, 0.2) is 0 Å². The Hall–Kier alpha value is -0.850. The van der Waals surface area contributed by atoms with Gasteiger partial charge < -0.3 is 5.11 Å². The molecule has 1 aromatic carbocycles. The van der Waals surface area contributed by atoms with Crippen molar-refractivity contribution in [3.8, 4) is 0 Å². The van der Waals surface area contributed by atoms with E-state index in [9.17, 15) is 8.42 Å².